The van der Waals surface area contributed by atoms with Gasteiger partial charge in [0.2, 0.25) is 11.8 Å². The van der Waals surface area contributed by atoms with Gasteiger partial charge in [0.1, 0.15) is 17.0 Å². The van der Waals surface area contributed by atoms with E-state index in [1.54, 1.807) is 31.3 Å². The van der Waals surface area contributed by atoms with Crippen LogP contribution in [0.4, 0.5) is 0 Å². The first kappa shape index (κ1) is 19.5. The number of thioether (sulfide) groups is 1. The molecule has 2 unspecified atom stereocenters. The van der Waals surface area contributed by atoms with Crippen LogP contribution in [0.1, 0.15) is 29.5 Å². The highest BCUT2D eigenvalue weighted by Crippen LogP contribution is 2.28. The molecule has 2 N–H and O–H groups in total. The highest BCUT2D eigenvalue weighted by atomic mass is 32.2. The zero-order valence-corrected chi connectivity index (χ0v) is 17.0. The van der Waals surface area contributed by atoms with Crippen molar-refractivity contribution in [2.75, 3.05) is 7.11 Å². The summed E-state index contributed by atoms with van der Waals surface area (Å²) < 4.78 is 11.0. The first-order valence-corrected chi connectivity index (χ1v) is 10.3. The molecule has 0 aliphatic carbocycles. The Labute approximate surface area is 173 Å². The first-order valence-electron chi connectivity index (χ1n) is 9.30. The van der Waals surface area contributed by atoms with Crippen LogP contribution in [-0.4, -0.2) is 28.5 Å². The number of carbonyl (C=O) groups is 1. The van der Waals surface area contributed by atoms with E-state index in [9.17, 15) is 4.79 Å². The molecule has 2 aromatic heterocycles. The molecule has 4 rings (SSSR count). The number of pyridine rings is 1. The molecule has 3 aromatic rings. The van der Waals surface area contributed by atoms with E-state index in [0.717, 1.165) is 28.3 Å². The summed E-state index contributed by atoms with van der Waals surface area (Å²) in [4.78, 5) is 20.8. The molecular formula is C21H22N4O3S. The second-order valence-electron chi connectivity index (χ2n) is 6.71. The first-order chi connectivity index (χ1) is 14.1. The Morgan fingerprint density at radius 3 is 2.69 bits per heavy atom. The van der Waals surface area contributed by atoms with Crippen molar-refractivity contribution in [2.24, 2.45) is 0 Å². The lowest BCUT2D eigenvalue weighted by Gasteiger charge is -2.31. The number of carbonyl (C=O) groups excluding carboxylic acids is 1. The van der Waals surface area contributed by atoms with Gasteiger partial charge in [-0.2, -0.15) is 0 Å². The third-order valence-electron chi connectivity index (χ3n) is 4.76. The van der Waals surface area contributed by atoms with Gasteiger partial charge in [0.05, 0.1) is 12.8 Å². The van der Waals surface area contributed by atoms with E-state index >= 15 is 0 Å². The van der Waals surface area contributed by atoms with E-state index in [-0.39, 0.29) is 17.4 Å². The van der Waals surface area contributed by atoms with E-state index in [1.165, 1.54) is 0 Å². The molecule has 0 spiro atoms. The van der Waals surface area contributed by atoms with Crippen molar-refractivity contribution in [3.05, 3.63) is 65.8 Å². The van der Waals surface area contributed by atoms with Crippen LogP contribution in [0, 0.1) is 6.92 Å². The maximum Gasteiger partial charge on any atom is 0.226 e. The number of aryl methyl sites for hydroxylation is 1. The van der Waals surface area contributed by atoms with Crippen molar-refractivity contribution in [1.29, 1.82) is 0 Å². The number of amides is 1. The van der Waals surface area contributed by atoms with Crippen molar-refractivity contribution in [2.45, 2.75) is 30.6 Å². The van der Waals surface area contributed by atoms with E-state index in [2.05, 4.69) is 20.6 Å². The summed E-state index contributed by atoms with van der Waals surface area (Å²) >= 11 is 1.58. The smallest absolute Gasteiger partial charge is 0.226 e. The van der Waals surface area contributed by atoms with Crippen LogP contribution in [0.15, 0.2) is 53.2 Å². The normalized spacial score (nSPS) is 19.0. The molecule has 3 heterocycles. The third-order valence-corrected chi connectivity index (χ3v) is 5.79. The summed E-state index contributed by atoms with van der Waals surface area (Å²) in [6.07, 6.45) is 3.89. The van der Waals surface area contributed by atoms with Gasteiger partial charge < -0.3 is 14.5 Å². The zero-order valence-electron chi connectivity index (χ0n) is 16.2. The third kappa shape index (κ3) is 4.60. The van der Waals surface area contributed by atoms with E-state index in [0.29, 0.717) is 18.1 Å². The maximum absolute atomic E-state index is 12.2. The van der Waals surface area contributed by atoms with Gasteiger partial charge in [-0.1, -0.05) is 0 Å². The van der Waals surface area contributed by atoms with Crippen LogP contribution < -0.4 is 15.4 Å². The molecule has 1 aliphatic rings. The molecule has 29 heavy (non-hydrogen) atoms. The monoisotopic (exact) mass is 410 g/mol. The molecule has 7 nitrogen and oxygen atoms in total. The van der Waals surface area contributed by atoms with Gasteiger partial charge in [0.15, 0.2) is 0 Å². The predicted molar refractivity (Wildman–Crippen MR) is 111 cm³/mol. The van der Waals surface area contributed by atoms with Crippen molar-refractivity contribution in [3.63, 3.8) is 0 Å². The van der Waals surface area contributed by atoms with Crippen molar-refractivity contribution >= 4 is 17.7 Å². The van der Waals surface area contributed by atoms with E-state index in [4.69, 9.17) is 9.15 Å². The van der Waals surface area contributed by atoms with E-state index < -0.39 is 0 Å². The number of rotatable bonds is 6. The molecule has 0 saturated carbocycles. The SMILES string of the molecule is COc1ccc(-c2nc(CSC3NC(=O)CC(c4ccncc4)N3)c(C)o2)cc1. The van der Waals surface area contributed by atoms with Crippen LogP contribution >= 0.6 is 11.8 Å². The van der Waals surface area contributed by atoms with Gasteiger partial charge in [0, 0.05) is 36.2 Å². The molecule has 0 radical (unpaired) electrons. The number of nitrogens with zero attached hydrogens (tertiary/aromatic N) is 2. The lowest BCUT2D eigenvalue weighted by molar-refractivity contribution is -0.123. The number of methoxy groups -OCH3 is 1. The van der Waals surface area contributed by atoms with Crippen LogP contribution in [0.3, 0.4) is 0 Å². The molecule has 0 bridgehead atoms. The quantitative estimate of drug-likeness (QED) is 0.644. The largest absolute Gasteiger partial charge is 0.497 e. The Morgan fingerprint density at radius 2 is 1.97 bits per heavy atom. The summed E-state index contributed by atoms with van der Waals surface area (Å²) in [5.41, 5.74) is 2.62. The molecule has 1 aromatic carbocycles. The summed E-state index contributed by atoms with van der Waals surface area (Å²) in [7, 11) is 1.64. The van der Waals surface area contributed by atoms with Crippen LogP contribution in [0.5, 0.6) is 5.75 Å². The summed E-state index contributed by atoms with van der Waals surface area (Å²) in [6, 6.07) is 11.4. The second-order valence-corrected chi connectivity index (χ2v) is 7.81. The molecule has 150 valence electrons. The van der Waals surface area contributed by atoms with Gasteiger partial charge in [-0.05, 0) is 48.9 Å². The summed E-state index contributed by atoms with van der Waals surface area (Å²) in [5.74, 6) is 2.79. The summed E-state index contributed by atoms with van der Waals surface area (Å²) in [6.45, 7) is 1.91. The topological polar surface area (TPSA) is 89.3 Å². The fraction of sp³-hybridized carbons (Fsp3) is 0.286. The fourth-order valence-electron chi connectivity index (χ4n) is 3.15. The van der Waals surface area contributed by atoms with Gasteiger partial charge in [-0.3, -0.25) is 15.1 Å². The Hall–Kier alpha value is -2.84. The fourth-order valence-corrected chi connectivity index (χ4v) is 4.22. The Bertz CT molecular complexity index is 975. The average molecular weight is 410 g/mol. The number of hydrogen-bond acceptors (Lipinski definition) is 7. The van der Waals surface area contributed by atoms with Gasteiger partial charge in [-0.25, -0.2) is 4.98 Å². The molecule has 1 amide bonds. The lowest BCUT2D eigenvalue weighted by atomic mass is 10.0. The van der Waals surface area contributed by atoms with Crippen molar-refractivity contribution in [1.82, 2.24) is 20.6 Å². The zero-order chi connectivity index (χ0) is 20.2. The molecule has 2 atom stereocenters. The van der Waals surface area contributed by atoms with Crippen LogP contribution in [0.2, 0.25) is 0 Å². The average Bonchev–Trinajstić information content (AvgIpc) is 3.13. The molecule has 1 aliphatic heterocycles. The number of nitrogens with one attached hydrogen (secondary N) is 2. The second kappa shape index (κ2) is 8.67. The van der Waals surface area contributed by atoms with Gasteiger partial charge in [0.25, 0.3) is 0 Å². The molecule has 8 heteroatoms. The van der Waals surface area contributed by atoms with Crippen LogP contribution in [-0.2, 0) is 10.5 Å². The van der Waals surface area contributed by atoms with Crippen molar-refractivity contribution < 1.29 is 13.9 Å². The Balaban J connectivity index is 1.42. The Morgan fingerprint density at radius 1 is 1.21 bits per heavy atom. The Kier molecular flexibility index (Phi) is 5.82. The minimum Gasteiger partial charge on any atom is -0.497 e. The number of aromatic nitrogens is 2. The van der Waals surface area contributed by atoms with Crippen LogP contribution in [0.25, 0.3) is 11.5 Å². The van der Waals surface area contributed by atoms with E-state index in [1.807, 2.05) is 43.3 Å². The predicted octanol–water partition coefficient (Wildman–Crippen LogP) is 3.42. The lowest BCUT2D eigenvalue weighted by Crippen LogP contribution is -2.50. The molecule has 1 fully saturated rings. The van der Waals surface area contributed by atoms with Gasteiger partial charge in [-0.15, -0.1) is 11.8 Å². The van der Waals surface area contributed by atoms with Crippen molar-refractivity contribution in [3.8, 4) is 17.2 Å². The molecular weight excluding hydrogens is 388 g/mol. The standard InChI is InChI=1S/C21H22N4O3S/c1-13-18(23-20(28-13)15-3-5-16(27-2)6-4-15)12-29-21-24-17(11-19(26)25-21)14-7-9-22-10-8-14/h3-10,17,21,24H,11-12H2,1-2H3,(H,25,26). The highest BCUT2D eigenvalue weighted by Gasteiger charge is 2.27. The number of benzene rings is 1. The number of oxazole rings is 1. The number of ether oxygens (including phenoxy) is 1. The number of hydrogen-bond donors (Lipinski definition) is 2. The highest BCUT2D eigenvalue weighted by molar-refractivity contribution is 7.99. The van der Waals surface area contributed by atoms with Gasteiger partial charge >= 0.3 is 0 Å². The minimum atomic E-state index is -0.199. The molecule has 1 saturated heterocycles. The minimum absolute atomic E-state index is 0.0267. The summed E-state index contributed by atoms with van der Waals surface area (Å²) in [5, 5.41) is 6.45. The maximum atomic E-state index is 12.2.